The summed E-state index contributed by atoms with van der Waals surface area (Å²) in [5.74, 6) is -0.574. The zero-order chi connectivity index (χ0) is 25.8. The normalized spacial score (nSPS) is 14.0. The molecule has 0 radical (unpaired) electrons. The molecule has 4 N–H and O–H groups in total. The van der Waals surface area contributed by atoms with Crippen LogP contribution in [-0.4, -0.2) is 52.2 Å². The quantitative estimate of drug-likeness (QED) is 0.312. The fraction of sp³-hybridized carbons (Fsp3) is 0.207. The SMILES string of the molecule is CN1CCc2ccc(NC(=O)c3cccc([C@@H](CO)NC(=O)c4cccc(-c5ccn[nH]5)c4)c3)cc2C1. The van der Waals surface area contributed by atoms with Gasteiger partial charge in [0.25, 0.3) is 11.8 Å². The minimum absolute atomic E-state index is 0.249. The van der Waals surface area contributed by atoms with Crippen LogP contribution in [0, 0.1) is 0 Å². The maximum absolute atomic E-state index is 13.0. The van der Waals surface area contributed by atoms with Gasteiger partial charge in [0.05, 0.1) is 18.3 Å². The number of nitrogens with one attached hydrogen (secondary N) is 3. The number of carbonyl (C=O) groups excluding carboxylic acids is 2. The Morgan fingerprint density at radius 3 is 2.59 bits per heavy atom. The summed E-state index contributed by atoms with van der Waals surface area (Å²) in [6.45, 7) is 1.58. The van der Waals surface area contributed by atoms with Crippen LogP contribution in [0.1, 0.15) is 43.4 Å². The Bertz CT molecular complexity index is 1420. The maximum atomic E-state index is 13.0. The van der Waals surface area contributed by atoms with Crippen molar-refractivity contribution in [1.29, 1.82) is 0 Å². The van der Waals surface area contributed by atoms with E-state index in [9.17, 15) is 14.7 Å². The molecule has 8 heteroatoms. The van der Waals surface area contributed by atoms with Crippen LogP contribution in [0.15, 0.2) is 79.0 Å². The van der Waals surface area contributed by atoms with Crippen molar-refractivity contribution in [3.05, 3.63) is 107 Å². The standard InChI is InChI=1S/C29H29N5O3/c1-34-13-11-19-8-9-25(16-24(19)17-34)31-28(36)22-6-3-5-21(15-22)27(18-35)32-29(37)23-7-2-4-20(14-23)26-10-12-30-33-26/h2-10,12,14-16,27,35H,11,13,17-18H2,1H3,(H,30,33)(H,31,36)(H,32,37)/t27-/m1/s1. The van der Waals surface area contributed by atoms with E-state index in [0.29, 0.717) is 16.7 Å². The minimum Gasteiger partial charge on any atom is -0.394 e. The smallest absolute Gasteiger partial charge is 0.255 e. The molecule has 8 nitrogen and oxygen atoms in total. The first-order valence-corrected chi connectivity index (χ1v) is 12.2. The Kier molecular flexibility index (Phi) is 7.11. The van der Waals surface area contributed by atoms with Crippen LogP contribution < -0.4 is 10.6 Å². The molecule has 1 aliphatic heterocycles. The molecule has 4 aromatic rings. The lowest BCUT2D eigenvalue weighted by Gasteiger charge is -2.25. The van der Waals surface area contributed by atoms with Crippen LogP contribution in [0.2, 0.25) is 0 Å². The summed E-state index contributed by atoms with van der Waals surface area (Å²) in [4.78, 5) is 28.3. The fourth-order valence-corrected chi connectivity index (χ4v) is 4.60. The number of hydrogen-bond acceptors (Lipinski definition) is 5. The Hall–Kier alpha value is -4.27. The number of nitrogens with zero attached hydrogens (tertiary/aromatic N) is 2. The molecule has 5 rings (SSSR count). The van der Waals surface area contributed by atoms with Gasteiger partial charge in [0.15, 0.2) is 0 Å². The predicted octanol–water partition coefficient (Wildman–Crippen LogP) is 3.78. The highest BCUT2D eigenvalue weighted by molar-refractivity contribution is 6.04. The summed E-state index contributed by atoms with van der Waals surface area (Å²) in [7, 11) is 2.09. The number of carbonyl (C=O) groups is 2. The van der Waals surface area contributed by atoms with Gasteiger partial charge in [-0.2, -0.15) is 5.10 Å². The third-order valence-corrected chi connectivity index (χ3v) is 6.64. The first-order chi connectivity index (χ1) is 18.0. The van der Waals surface area contributed by atoms with Crippen LogP contribution >= 0.6 is 0 Å². The number of likely N-dealkylation sites (N-methyl/N-ethyl adjacent to an activating group) is 1. The minimum atomic E-state index is -0.671. The molecule has 3 aromatic carbocycles. The van der Waals surface area contributed by atoms with E-state index < -0.39 is 6.04 Å². The third-order valence-electron chi connectivity index (χ3n) is 6.64. The molecular formula is C29H29N5O3. The molecule has 1 aromatic heterocycles. The second-order valence-electron chi connectivity index (χ2n) is 9.31. The van der Waals surface area contributed by atoms with Crippen molar-refractivity contribution in [2.24, 2.45) is 0 Å². The number of rotatable bonds is 7. The first kappa shape index (κ1) is 24.4. The third kappa shape index (κ3) is 5.61. The first-order valence-electron chi connectivity index (χ1n) is 12.2. The van der Waals surface area contributed by atoms with Gasteiger partial charge in [0.2, 0.25) is 0 Å². The summed E-state index contributed by atoms with van der Waals surface area (Å²) in [5.41, 5.74) is 6.46. The van der Waals surface area contributed by atoms with Crippen molar-refractivity contribution in [1.82, 2.24) is 20.4 Å². The molecule has 1 atom stereocenters. The van der Waals surface area contributed by atoms with Crippen molar-refractivity contribution in [2.45, 2.75) is 19.0 Å². The number of hydrogen-bond donors (Lipinski definition) is 4. The molecule has 2 heterocycles. The van der Waals surface area contributed by atoms with E-state index in [4.69, 9.17) is 0 Å². The number of fused-ring (bicyclic) bond motifs is 1. The monoisotopic (exact) mass is 495 g/mol. The summed E-state index contributed by atoms with van der Waals surface area (Å²) in [6, 6.07) is 21.3. The van der Waals surface area contributed by atoms with Crippen molar-refractivity contribution >= 4 is 17.5 Å². The van der Waals surface area contributed by atoms with Gasteiger partial charge in [-0.3, -0.25) is 14.7 Å². The Balaban J connectivity index is 1.29. The second kappa shape index (κ2) is 10.8. The van der Waals surface area contributed by atoms with E-state index >= 15 is 0 Å². The van der Waals surface area contributed by atoms with E-state index in [-0.39, 0.29) is 18.4 Å². The summed E-state index contributed by atoms with van der Waals surface area (Å²) in [6.07, 6.45) is 2.65. The van der Waals surface area contributed by atoms with Gasteiger partial charge >= 0.3 is 0 Å². The fourth-order valence-electron chi connectivity index (χ4n) is 4.60. The lowest BCUT2D eigenvalue weighted by atomic mass is 9.99. The zero-order valence-corrected chi connectivity index (χ0v) is 20.6. The molecule has 0 saturated heterocycles. The van der Waals surface area contributed by atoms with Crippen LogP contribution in [0.5, 0.6) is 0 Å². The molecule has 0 unspecified atom stereocenters. The number of aromatic amines is 1. The molecule has 0 saturated carbocycles. The number of aliphatic hydroxyl groups is 1. The number of benzene rings is 3. The summed E-state index contributed by atoms with van der Waals surface area (Å²) >= 11 is 0. The highest BCUT2D eigenvalue weighted by atomic mass is 16.3. The largest absolute Gasteiger partial charge is 0.394 e. The lowest BCUT2D eigenvalue weighted by molar-refractivity contribution is 0.0916. The van der Waals surface area contributed by atoms with Crippen LogP contribution in [0.3, 0.4) is 0 Å². The predicted molar refractivity (Wildman–Crippen MR) is 142 cm³/mol. The molecule has 37 heavy (non-hydrogen) atoms. The Morgan fingerprint density at radius 1 is 1.00 bits per heavy atom. The molecular weight excluding hydrogens is 466 g/mol. The van der Waals surface area contributed by atoms with Crippen molar-refractivity contribution in [3.8, 4) is 11.3 Å². The summed E-state index contributed by atoms with van der Waals surface area (Å²) in [5, 5.41) is 22.7. The van der Waals surface area contributed by atoms with Gasteiger partial charge in [0, 0.05) is 41.7 Å². The van der Waals surface area contributed by atoms with Crippen molar-refractivity contribution in [2.75, 3.05) is 25.5 Å². The molecule has 2 amide bonds. The molecule has 0 spiro atoms. The highest BCUT2D eigenvalue weighted by Gasteiger charge is 2.18. The van der Waals surface area contributed by atoms with E-state index in [2.05, 4.69) is 38.8 Å². The van der Waals surface area contributed by atoms with E-state index in [0.717, 1.165) is 36.5 Å². The Labute approximate surface area is 215 Å². The van der Waals surface area contributed by atoms with Crippen LogP contribution in [0.4, 0.5) is 5.69 Å². The van der Waals surface area contributed by atoms with Gasteiger partial charge in [-0.05, 0) is 72.6 Å². The van der Waals surface area contributed by atoms with Gasteiger partial charge in [-0.15, -0.1) is 0 Å². The van der Waals surface area contributed by atoms with Gasteiger partial charge in [-0.25, -0.2) is 0 Å². The topological polar surface area (TPSA) is 110 Å². The molecule has 188 valence electrons. The van der Waals surface area contributed by atoms with Gasteiger partial charge < -0.3 is 20.6 Å². The molecule has 1 aliphatic rings. The number of aliphatic hydroxyl groups excluding tert-OH is 1. The molecule has 0 fully saturated rings. The zero-order valence-electron chi connectivity index (χ0n) is 20.6. The van der Waals surface area contributed by atoms with Gasteiger partial charge in [-0.1, -0.05) is 30.3 Å². The van der Waals surface area contributed by atoms with Gasteiger partial charge in [0.1, 0.15) is 0 Å². The van der Waals surface area contributed by atoms with E-state index in [1.165, 1.54) is 11.1 Å². The molecule has 0 aliphatic carbocycles. The number of anilines is 1. The molecule has 0 bridgehead atoms. The lowest BCUT2D eigenvalue weighted by Crippen LogP contribution is -2.31. The number of amides is 2. The second-order valence-corrected chi connectivity index (χ2v) is 9.31. The number of H-pyrrole nitrogens is 1. The highest BCUT2D eigenvalue weighted by Crippen LogP contribution is 2.23. The average molecular weight is 496 g/mol. The van der Waals surface area contributed by atoms with Crippen LogP contribution in [0.25, 0.3) is 11.3 Å². The van der Waals surface area contributed by atoms with E-state index in [1.54, 1.807) is 48.7 Å². The van der Waals surface area contributed by atoms with E-state index in [1.807, 2.05) is 24.3 Å². The van der Waals surface area contributed by atoms with Crippen LogP contribution in [-0.2, 0) is 13.0 Å². The maximum Gasteiger partial charge on any atom is 0.255 e. The van der Waals surface area contributed by atoms with Crippen molar-refractivity contribution < 1.29 is 14.7 Å². The Morgan fingerprint density at radius 2 is 1.81 bits per heavy atom. The summed E-state index contributed by atoms with van der Waals surface area (Å²) < 4.78 is 0. The number of aromatic nitrogens is 2. The van der Waals surface area contributed by atoms with Crippen molar-refractivity contribution in [3.63, 3.8) is 0 Å². The average Bonchev–Trinajstić information content (AvgIpc) is 3.47.